The lowest BCUT2D eigenvalue weighted by Crippen LogP contribution is -2.09. The van der Waals surface area contributed by atoms with Crippen LogP contribution >= 0.6 is 23.2 Å². The Balaban J connectivity index is 1.94. The lowest BCUT2D eigenvalue weighted by atomic mass is 10.0. The van der Waals surface area contributed by atoms with Crippen molar-refractivity contribution in [2.75, 3.05) is 5.73 Å². The quantitative estimate of drug-likeness (QED) is 0.774. The van der Waals surface area contributed by atoms with Gasteiger partial charge in [-0.25, -0.2) is 9.67 Å². The first-order valence-corrected chi connectivity index (χ1v) is 8.97. The molecule has 0 saturated carbocycles. The minimum Gasteiger partial charge on any atom is -0.397 e. The minimum atomic E-state index is -0.199. The van der Waals surface area contributed by atoms with Crippen LogP contribution in [-0.4, -0.2) is 20.5 Å². The molecule has 1 aliphatic rings. The standard InChI is InChI=1S/C17H20Cl2N4O/c1-2-3-4-7-23-17-11(9-21-23)15(20)14-12(22-17)8-10(16(14)24)5-6-13(18)19/h6,9-10H,2-5,7-8H2,1H3,(H2,20,22). The molecule has 128 valence electrons. The molecule has 0 fully saturated rings. The van der Waals surface area contributed by atoms with Gasteiger partial charge in [-0.3, -0.25) is 4.79 Å². The fraction of sp³-hybridized carbons (Fsp3) is 0.471. The summed E-state index contributed by atoms with van der Waals surface area (Å²) in [6.45, 7) is 2.97. The number of nitrogen functional groups attached to an aromatic ring is 1. The van der Waals surface area contributed by atoms with Crippen LogP contribution < -0.4 is 5.73 Å². The largest absolute Gasteiger partial charge is 0.397 e. The first-order chi connectivity index (χ1) is 11.5. The topological polar surface area (TPSA) is 73.8 Å². The zero-order valence-corrected chi connectivity index (χ0v) is 15.1. The van der Waals surface area contributed by atoms with Gasteiger partial charge in [-0.05, 0) is 12.8 Å². The molecule has 1 atom stereocenters. The van der Waals surface area contributed by atoms with E-state index in [9.17, 15) is 4.79 Å². The zero-order chi connectivity index (χ0) is 17.3. The highest BCUT2D eigenvalue weighted by atomic mass is 35.5. The van der Waals surface area contributed by atoms with E-state index in [0.29, 0.717) is 24.1 Å². The number of Topliss-reactive ketones (excluding diaryl/α,β-unsaturated/α-hetero) is 1. The lowest BCUT2D eigenvalue weighted by Gasteiger charge is -2.06. The van der Waals surface area contributed by atoms with E-state index in [0.717, 1.165) is 42.5 Å². The van der Waals surface area contributed by atoms with Gasteiger partial charge in [0.2, 0.25) is 0 Å². The maximum absolute atomic E-state index is 12.6. The van der Waals surface area contributed by atoms with E-state index in [1.54, 1.807) is 12.3 Å². The monoisotopic (exact) mass is 366 g/mol. The van der Waals surface area contributed by atoms with Gasteiger partial charge in [0.05, 0.1) is 28.5 Å². The molecular weight excluding hydrogens is 347 g/mol. The summed E-state index contributed by atoms with van der Waals surface area (Å²) >= 11 is 11.3. The predicted molar refractivity (Wildman–Crippen MR) is 97.4 cm³/mol. The highest BCUT2D eigenvalue weighted by molar-refractivity contribution is 6.55. The van der Waals surface area contributed by atoms with E-state index < -0.39 is 0 Å². The van der Waals surface area contributed by atoms with Gasteiger partial charge in [0.25, 0.3) is 0 Å². The molecule has 24 heavy (non-hydrogen) atoms. The molecule has 1 unspecified atom stereocenters. The fourth-order valence-corrected chi connectivity index (χ4v) is 3.39. The second-order valence-corrected chi connectivity index (χ2v) is 7.16. The SMILES string of the molecule is CCCCCn1ncc2c(N)c3c(nc21)CC(CC=C(Cl)Cl)C3=O. The molecule has 2 aromatic rings. The Morgan fingerprint density at radius 3 is 2.96 bits per heavy atom. The molecule has 0 saturated heterocycles. The third-order valence-corrected chi connectivity index (χ3v) is 4.80. The van der Waals surface area contributed by atoms with Gasteiger partial charge in [-0.2, -0.15) is 5.10 Å². The second-order valence-electron chi connectivity index (χ2n) is 6.15. The molecule has 0 spiro atoms. The number of pyridine rings is 1. The summed E-state index contributed by atoms with van der Waals surface area (Å²) in [4.78, 5) is 17.3. The van der Waals surface area contributed by atoms with Crippen molar-refractivity contribution in [1.82, 2.24) is 14.8 Å². The molecule has 5 nitrogen and oxygen atoms in total. The molecule has 0 radical (unpaired) electrons. The first-order valence-electron chi connectivity index (χ1n) is 8.22. The van der Waals surface area contributed by atoms with Gasteiger partial charge in [-0.15, -0.1) is 0 Å². The van der Waals surface area contributed by atoms with E-state index in [2.05, 4.69) is 12.0 Å². The number of carbonyl (C=O) groups excluding carboxylic acids is 1. The van der Waals surface area contributed by atoms with Crippen LogP contribution in [0.1, 0.15) is 48.7 Å². The summed E-state index contributed by atoms with van der Waals surface area (Å²) in [5, 5.41) is 5.15. The molecule has 7 heteroatoms. The number of halogens is 2. The summed E-state index contributed by atoms with van der Waals surface area (Å²) in [7, 11) is 0. The van der Waals surface area contributed by atoms with Crippen molar-refractivity contribution in [2.24, 2.45) is 5.92 Å². The maximum atomic E-state index is 12.6. The molecule has 2 N–H and O–H groups in total. The van der Waals surface area contributed by atoms with E-state index in [-0.39, 0.29) is 16.2 Å². The highest BCUT2D eigenvalue weighted by Gasteiger charge is 2.34. The first kappa shape index (κ1) is 17.2. The molecule has 3 rings (SSSR count). The second kappa shape index (κ2) is 7.11. The smallest absolute Gasteiger partial charge is 0.170 e. The number of carbonyl (C=O) groups is 1. The molecule has 0 aromatic carbocycles. The highest BCUT2D eigenvalue weighted by Crippen LogP contribution is 2.36. The molecule has 2 heterocycles. The van der Waals surface area contributed by atoms with E-state index in [4.69, 9.17) is 33.9 Å². The summed E-state index contributed by atoms with van der Waals surface area (Å²) in [5.74, 6) is -0.184. The van der Waals surface area contributed by atoms with Crippen LogP contribution in [0.3, 0.4) is 0 Å². The number of nitrogens with zero attached hydrogens (tertiary/aromatic N) is 3. The van der Waals surface area contributed by atoms with Crippen molar-refractivity contribution in [2.45, 2.75) is 45.6 Å². The number of rotatable bonds is 6. The van der Waals surface area contributed by atoms with Gasteiger partial charge in [0.1, 0.15) is 4.49 Å². The van der Waals surface area contributed by atoms with E-state index in [1.165, 1.54) is 0 Å². The third-order valence-electron chi connectivity index (χ3n) is 4.49. The number of ketones is 1. The Hall–Kier alpha value is -1.59. The summed E-state index contributed by atoms with van der Waals surface area (Å²) in [6.07, 6.45) is 7.76. The number of hydrogen-bond acceptors (Lipinski definition) is 4. The third kappa shape index (κ3) is 3.15. The number of aromatic nitrogens is 3. The number of anilines is 1. The van der Waals surface area contributed by atoms with Crippen LogP contribution in [0.25, 0.3) is 11.0 Å². The minimum absolute atomic E-state index is 0.0152. The zero-order valence-electron chi connectivity index (χ0n) is 13.6. The fourth-order valence-electron chi connectivity index (χ4n) is 3.21. The summed E-state index contributed by atoms with van der Waals surface area (Å²) < 4.78 is 2.06. The van der Waals surface area contributed by atoms with Gasteiger partial charge >= 0.3 is 0 Å². The van der Waals surface area contributed by atoms with Gasteiger partial charge in [0.15, 0.2) is 11.4 Å². The van der Waals surface area contributed by atoms with Crippen molar-refractivity contribution in [3.63, 3.8) is 0 Å². The van der Waals surface area contributed by atoms with E-state index in [1.807, 2.05) is 4.68 Å². The molecule has 1 aliphatic carbocycles. The van der Waals surface area contributed by atoms with Gasteiger partial charge in [-0.1, -0.05) is 49.0 Å². The number of nitrogens with two attached hydrogens (primary N) is 1. The Morgan fingerprint density at radius 2 is 2.25 bits per heavy atom. The van der Waals surface area contributed by atoms with Gasteiger partial charge in [0, 0.05) is 18.9 Å². The van der Waals surface area contributed by atoms with E-state index >= 15 is 0 Å². The predicted octanol–water partition coefficient (Wildman–Crippen LogP) is 4.27. The van der Waals surface area contributed by atoms with Crippen LogP contribution in [0.4, 0.5) is 5.69 Å². The Kier molecular flexibility index (Phi) is 5.11. The van der Waals surface area contributed by atoms with Crippen molar-refractivity contribution in [3.8, 4) is 0 Å². The average Bonchev–Trinajstić information content (AvgIpc) is 3.08. The molecule has 0 amide bonds. The average molecular weight is 367 g/mol. The van der Waals surface area contributed by atoms with Crippen LogP contribution in [0, 0.1) is 5.92 Å². The number of fused-ring (bicyclic) bond motifs is 2. The Bertz CT molecular complexity index is 809. The van der Waals surface area contributed by atoms with Crippen molar-refractivity contribution in [1.29, 1.82) is 0 Å². The molecule has 0 aliphatic heterocycles. The summed E-state index contributed by atoms with van der Waals surface area (Å²) in [5.41, 5.74) is 8.82. The van der Waals surface area contributed by atoms with Crippen LogP contribution in [0.15, 0.2) is 16.8 Å². The number of hydrogen-bond donors (Lipinski definition) is 1. The number of aryl methyl sites for hydroxylation is 1. The Labute approximate surface area is 150 Å². The number of allylic oxidation sites excluding steroid dienone is 1. The maximum Gasteiger partial charge on any atom is 0.170 e. The Morgan fingerprint density at radius 1 is 1.46 bits per heavy atom. The van der Waals surface area contributed by atoms with Crippen molar-refractivity contribution >= 4 is 45.7 Å². The molecule has 2 aromatic heterocycles. The summed E-state index contributed by atoms with van der Waals surface area (Å²) in [6, 6.07) is 0. The van der Waals surface area contributed by atoms with Crippen molar-refractivity contribution < 1.29 is 4.79 Å². The van der Waals surface area contributed by atoms with Gasteiger partial charge < -0.3 is 5.73 Å². The molecular formula is C17H20Cl2N4O. The number of unbranched alkanes of at least 4 members (excludes halogenated alkanes) is 2. The molecule has 0 bridgehead atoms. The normalized spacial score (nSPS) is 16.6. The van der Waals surface area contributed by atoms with Crippen molar-refractivity contribution in [3.05, 3.63) is 28.0 Å². The van der Waals surface area contributed by atoms with Crippen LogP contribution in [0.5, 0.6) is 0 Å². The van der Waals surface area contributed by atoms with Crippen LogP contribution in [-0.2, 0) is 13.0 Å². The van der Waals surface area contributed by atoms with Crippen LogP contribution in [0.2, 0.25) is 0 Å². The lowest BCUT2D eigenvalue weighted by molar-refractivity contribution is 0.0938.